The molecule has 0 amide bonds. The van der Waals surface area contributed by atoms with Crippen LogP contribution < -0.4 is 5.32 Å². The largest absolute Gasteiger partial charge is 0.393 e. The Morgan fingerprint density at radius 3 is 2.10 bits per heavy atom. The van der Waals surface area contributed by atoms with Crippen LogP contribution in [0.15, 0.2) is 0 Å². The molecule has 10 heavy (non-hydrogen) atoms. The zero-order valence-corrected chi connectivity index (χ0v) is 6.73. The van der Waals surface area contributed by atoms with Crippen molar-refractivity contribution >= 4 is 12.4 Å². The molecule has 1 saturated heterocycles. The molecule has 1 saturated carbocycles. The molecule has 2 nitrogen and oxygen atoms in total. The quantitative estimate of drug-likeness (QED) is 0.542. The van der Waals surface area contributed by atoms with E-state index in [0.717, 1.165) is 37.8 Å². The third-order valence-corrected chi connectivity index (χ3v) is 2.63. The number of aliphatic hydroxyl groups is 1. The molecule has 0 radical (unpaired) electrons. The molecular formula is C7H14ClNO. The number of hydrogen-bond donors (Lipinski definition) is 2. The molecule has 0 aromatic heterocycles. The number of aliphatic hydroxyl groups excluding tert-OH is 1. The van der Waals surface area contributed by atoms with E-state index < -0.39 is 0 Å². The van der Waals surface area contributed by atoms with E-state index >= 15 is 0 Å². The summed E-state index contributed by atoms with van der Waals surface area (Å²) in [5.41, 5.74) is 0. The Hall–Kier alpha value is 0.210. The Labute approximate surface area is 67.4 Å². The summed E-state index contributed by atoms with van der Waals surface area (Å²) < 4.78 is 0. The smallest absolute Gasteiger partial charge is 0.0546 e. The van der Waals surface area contributed by atoms with Crippen molar-refractivity contribution < 1.29 is 5.11 Å². The molecule has 2 rings (SSSR count). The van der Waals surface area contributed by atoms with Crippen molar-refractivity contribution in [3.05, 3.63) is 0 Å². The van der Waals surface area contributed by atoms with Gasteiger partial charge in [0.15, 0.2) is 0 Å². The minimum Gasteiger partial charge on any atom is -0.393 e. The highest BCUT2D eigenvalue weighted by Gasteiger charge is 2.35. The van der Waals surface area contributed by atoms with Gasteiger partial charge in [-0.15, -0.1) is 12.4 Å². The van der Waals surface area contributed by atoms with E-state index in [0.29, 0.717) is 0 Å². The van der Waals surface area contributed by atoms with Crippen molar-refractivity contribution in [3.63, 3.8) is 0 Å². The fraction of sp³-hybridized carbons (Fsp3) is 1.00. The van der Waals surface area contributed by atoms with Crippen LogP contribution in [0.4, 0.5) is 0 Å². The van der Waals surface area contributed by atoms with Gasteiger partial charge in [-0.1, -0.05) is 0 Å². The average Bonchev–Trinajstić information content (AvgIpc) is 2.22. The fourth-order valence-electron chi connectivity index (χ4n) is 2.13. The van der Waals surface area contributed by atoms with Crippen molar-refractivity contribution in [2.75, 3.05) is 13.1 Å². The van der Waals surface area contributed by atoms with Crippen molar-refractivity contribution in [1.29, 1.82) is 0 Å². The molecule has 1 aliphatic carbocycles. The van der Waals surface area contributed by atoms with Crippen LogP contribution in [0.3, 0.4) is 0 Å². The van der Waals surface area contributed by atoms with E-state index in [1.807, 2.05) is 0 Å². The van der Waals surface area contributed by atoms with Gasteiger partial charge >= 0.3 is 0 Å². The Kier molecular flexibility index (Phi) is 2.55. The monoisotopic (exact) mass is 163 g/mol. The zero-order chi connectivity index (χ0) is 6.27. The predicted molar refractivity (Wildman–Crippen MR) is 42.3 cm³/mol. The second-order valence-corrected chi connectivity index (χ2v) is 3.30. The average molecular weight is 164 g/mol. The standard InChI is InChI=1S/C7H13NO.ClH/c9-7-1-5-3-8-4-6(5)2-7;/h5-9H,1-4H2;1H. The van der Waals surface area contributed by atoms with Gasteiger partial charge in [-0.05, 0) is 37.8 Å². The SMILES string of the molecule is Cl.OC1CC2CNCC2C1. The number of fused-ring (bicyclic) bond motifs is 1. The lowest BCUT2D eigenvalue weighted by Crippen LogP contribution is -2.13. The van der Waals surface area contributed by atoms with Crippen LogP contribution in [0.25, 0.3) is 0 Å². The van der Waals surface area contributed by atoms with Crippen LogP contribution in [0.2, 0.25) is 0 Å². The summed E-state index contributed by atoms with van der Waals surface area (Å²) in [4.78, 5) is 0. The molecule has 1 heterocycles. The molecule has 2 unspecified atom stereocenters. The summed E-state index contributed by atoms with van der Waals surface area (Å²) in [6, 6.07) is 0. The van der Waals surface area contributed by atoms with Gasteiger partial charge in [0.25, 0.3) is 0 Å². The fourth-order valence-corrected chi connectivity index (χ4v) is 2.13. The molecule has 2 N–H and O–H groups in total. The lowest BCUT2D eigenvalue weighted by Gasteiger charge is -2.02. The van der Waals surface area contributed by atoms with Crippen LogP contribution in [0.5, 0.6) is 0 Å². The van der Waals surface area contributed by atoms with Gasteiger partial charge in [0.2, 0.25) is 0 Å². The van der Waals surface area contributed by atoms with Gasteiger partial charge < -0.3 is 10.4 Å². The van der Waals surface area contributed by atoms with Gasteiger partial charge in [0.1, 0.15) is 0 Å². The molecule has 60 valence electrons. The van der Waals surface area contributed by atoms with Crippen LogP contribution in [-0.4, -0.2) is 24.3 Å². The number of halogens is 1. The van der Waals surface area contributed by atoms with Gasteiger partial charge in [0.05, 0.1) is 6.10 Å². The summed E-state index contributed by atoms with van der Waals surface area (Å²) >= 11 is 0. The van der Waals surface area contributed by atoms with E-state index in [9.17, 15) is 5.11 Å². The Morgan fingerprint density at radius 1 is 1.10 bits per heavy atom. The maximum atomic E-state index is 9.21. The highest BCUT2D eigenvalue weighted by Crippen LogP contribution is 2.33. The van der Waals surface area contributed by atoms with Crippen LogP contribution >= 0.6 is 12.4 Å². The summed E-state index contributed by atoms with van der Waals surface area (Å²) in [6.45, 7) is 2.28. The van der Waals surface area contributed by atoms with Crippen LogP contribution in [0.1, 0.15) is 12.8 Å². The molecule has 2 atom stereocenters. The maximum Gasteiger partial charge on any atom is 0.0546 e. The molecule has 0 bridgehead atoms. The predicted octanol–water partition coefficient (Wildman–Crippen LogP) is 0.398. The van der Waals surface area contributed by atoms with Crippen molar-refractivity contribution in [3.8, 4) is 0 Å². The van der Waals surface area contributed by atoms with Crippen molar-refractivity contribution in [1.82, 2.24) is 5.32 Å². The van der Waals surface area contributed by atoms with Crippen LogP contribution in [-0.2, 0) is 0 Å². The molecule has 1 aliphatic heterocycles. The molecule has 2 fully saturated rings. The van der Waals surface area contributed by atoms with E-state index in [-0.39, 0.29) is 18.5 Å². The summed E-state index contributed by atoms with van der Waals surface area (Å²) in [5.74, 6) is 1.58. The van der Waals surface area contributed by atoms with E-state index in [4.69, 9.17) is 0 Å². The zero-order valence-electron chi connectivity index (χ0n) is 5.92. The van der Waals surface area contributed by atoms with Gasteiger partial charge in [-0.25, -0.2) is 0 Å². The van der Waals surface area contributed by atoms with E-state index in [1.54, 1.807) is 0 Å². The third kappa shape index (κ3) is 1.29. The summed E-state index contributed by atoms with van der Waals surface area (Å²) in [6.07, 6.45) is 2.09. The van der Waals surface area contributed by atoms with Gasteiger partial charge in [-0.3, -0.25) is 0 Å². The van der Waals surface area contributed by atoms with E-state index in [2.05, 4.69) is 5.32 Å². The molecule has 0 aromatic carbocycles. The highest BCUT2D eigenvalue weighted by molar-refractivity contribution is 5.85. The topological polar surface area (TPSA) is 32.3 Å². The van der Waals surface area contributed by atoms with Crippen molar-refractivity contribution in [2.24, 2.45) is 11.8 Å². The molecule has 0 spiro atoms. The minimum absolute atomic E-state index is 0. The number of hydrogen-bond acceptors (Lipinski definition) is 2. The molecule has 3 heteroatoms. The normalized spacial score (nSPS) is 44.7. The third-order valence-electron chi connectivity index (χ3n) is 2.63. The Morgan fingerprint density at radius 2 is 1.60 bits per heavy atom. The molecule has 0 aromatic rings. The summed E-state index contributed by atoms with van der Waals surface area (Å²) in [5, 5.41) is 12.5. The second kappa shape index (κ2) is 3.07. The Bertz CT molecular complexity index is 108. The number of rotatable bonds is 0. The van der Waals surface area contributed by atoms with E-state index in [1.165, 1.54) is 0 Å². The molecular weight excluding hydrogens is 150 g/mol. The first-order chi connectivity index (χ1) is 4.36. The van der Waals surface area contributed by atoms with Crippen LogP contribution in [0, 0.1) is 11.8 Å². The maximum absolute atomic E-state index is 9.21. The minimum atomic E-state index is 0. The van der Waals surface area contributed by atoms with Gasteiger partial charge in [-0.2, -0.15) is 0 Å². The number of nitrogens with one attached hydrogen (secondary N) is 1. The van der Waals surface area contributed by atoms with Crippen molar-refractivity contribution in [2.45, 2.75) is 18.9 Å². The first kappa shape index (κ1) is 8.31. The Balaban J connectivity index is 0.000000500. The van der Waals surface area contributed by atoms with Gasteiger partial charge in [0, 0.05) is 0 Å². The lowest BCUT2D eigenvalue weighted by atomic mass is 10.0. The highest BCUT2D eigenvalue weighted by atomic mass is 35.5. The first-order valence-corrected chi connectivity index (χ1v) is 3.75. The second-order valence-electron chi connectivity index (χ2n) is 3.30. The first-order valence-electron chi connectivity index (χ1n) is 3.75. The molecule has 2 aliphatic rings. The summed E-state index contributed by atoms with van der Waals surface area (Å²) in [7, 11) is 0. The lowest BCUT2D eigenvalue weighted by molar-refractivity contribution is 0.173.